The van der Waals surface area contributed by atoms with Crippen LogP contribution in [0.25, 0.3) is 0 Å². The van der Waals surface area contributed by atoms with Gasteiger partial charge in [0.25, 0.3) is 5.91 Å². The van der Waals surface area contributed by atoms with E-state index in [9.17, 15) is 9.18 Å². The van der Waals surface area contributed by atoms with Gasteiger partial charge in [0.2, 0.25) is 0 Å². The Kier molecular flexibility index (Phi) is 4.31. The molecule has 1 saturated carbocycles. The summed E-state index contributed by atoms with van der Waals surface area (Å²) < 4.78 is 19.7. The Balaban J connectivity index is 1.55. The summed E-state index contributed by atoms with van der Waals surface area (Å²) in [6, 6.07) is 6.43. The van der Waals surface area contributed by atoms with Gasteiger partial charge < -0.3 is 14.5 Å². The standard InChI is InChI=1S/C19H25FN2O2/c1-24-18-8-9-22(19(23)14-4-2-3-5-16(14)20)17-12-21(11-15(17)18)10-13-6-7-13/h2-5,13,15,17-18H,6-12H2,1H3/t15-,17+,18+/m0/s1. The number of hydrogen-bond donors (Lipinski definition) is 0. The second-order valence-corrected chi connectivity index (χ2v) is 7.43. The summed E-state index contributed by atoms with van der Waals surface area (Å²) in [5, 5.41) is 0. The molecule has 1 amide bonds. The number of rotatable bonds is 4. The molecule has 0 N–H and O–H groups in total. The van der Waals surface area contributed by atoms with Crippen LogP contribution in [0, 0.1) is 17.7 Å². The molecule has 2 heterocycles. The minimum Gasteiger partial charge on any atom is -0.381 e. The summed E-state index contributed by atoms with van der Waals surface area (Å²) in [5.41, 5.74) is 0.188. The molecule has 0 radical (unpaired) electrons. The maximum absolute atomic E-state index is 14.1. The lowest BCUT2D eigenvalue weighted by Crippen LogP contribution is -2.53. The van der Waals surface area contributed by atoms with Gasteiger partial charge in [-0.3, -0.25) is 4.79 Å². The van der Waals surface area contributed by atoms with E-state index in [0.29, 0.717) is 12.5 Å². The van der Waals surface area contributed by atoms with Crippen LogP contribution < -0.4 is 0 Å². The van der Waals surface area contributed by atoms with Crippen molar-refractivity contribution in [3.8, 4) is 0 Å². The van der Waals surface area contributed by atoms with Crippen molar-refractivity contribution in [2.75, 3.05) is 33.3 Å². The molecule has 2 saturated heterocycles. The number of nitrogens with zero attached hydrogens (tertiary/aromatic N) is 2. The third-order valence-electron chi connectivity index (χ3n) is 5.82. The molecule has 2 aliphatic heterocycles. The van der Waals surface area contributed by atoms with Crippen molar-refractivity contribution in [1.82, 2.24) is 9.80 Å². The number of benzene rings is 1. The Hall–Kier alpha value is -1.46. The highest BCUT2D eigenvalue weighted by Gasteiger charge is 2.47. The van der Waals surface area contributed by atoms with E-state index in [1.807, 2.05) is 4.90 Å². The molecule has 130 valence electrons. The van der Waals surface area contributed by atoms with E-state index in [2.05, 4.69) is 4.90 Å². The van der Waals surface area contributed by atoms with Gasteiger partial charge in [-0.25, -0.2) is 4.39 Å². The van der Waals surface area contributed by atoms with E-state index < -0.39 is 5.82 Å². The van der Waals surface area contributed by atoms with Crippen LogP contribution in [0.4, 0.5) is 4.39 Å². The second-order valence-electron chi connectivity index (χ2n) is 7.43. The predicted molar refractivity (Wildman–Crippen MR) is 89.3 cm³/mol. The summed E-state index contributed by atoms with van der Waals surface area (Å²) in [7, 11) is 1.76. The van der Waals surface area contributed by atoms with Gasteiger partial charge in [-0.15, -0.1) is 0 Å². The third kappa shape index (κ3) is 2.95. The van der Waals surface area contributed by atoms with Crippen LogP contribution >= 0.6 is 0 Å². The molecule has 0 spiro atoms. The zero-order chi connectivity index (χ0) is 16.7. The summed E-state index contributed by atoms with van der Waals surface area (Å²) in [5.74, 6) is 0.562. The lowest BCUT2D eigenvalue weighted by molar-refractivity contribution is -0.0158. The molecule has 1 aromatic rings. The van der Waals surface area contributed by atoms with E-state index in [4.69, 9.17) is 4.74 Å². The first-order valence-electron chi connectivity index (χ1n) is 8.98. The van der Waals surface area contributed by atoms with Crippen LogP contribution in [0.1, 0.15) is 29.6 Å². The fourth-order valence-corrected chi connectivity index (χ4v) is 4.38. The Morgan fingerprint density at radius 2 is 2.04 bits per heavy atom. The van der Waals surface area contributed by atoms with Crippen molar-refractivity contribution in [3.63, 3.8) is 0 Å². The zero-order valence-electron chi connectivity index (χ0n) is 14.2. The molecule has 5 heteroatoms. The van der Waals surface area contributed by atoms with Crippen LogP contribution in [0.5, 0.6) is 0 Å². The van der Waals surface area contributed by atoms with E-state index in [1.54, 1.807) is 25.3 Å². The number of carbonyl (C=O) groups excluding carboxylic acids is 1. The zero-order valence-corrected chi connectivity index (χ0v) is 14.2. The van der Waals surface area contributed by atoms with Gasteiger partial charge >= 0.3 is 0 Å². The smallest absolute Gasteiger partial charge is 0.257 e. The Labute approximate surface area is 142 Å². The van der Waals surface area contributed by atoms with Gasteiger partial charge in [-0.1, -0.05) is 12.1 Å². The largest absolute Gasteiger partial charge is 0.381 e. The lowest BCUT2D eigenvalue weighted by atomic mass is 9.88. The lowest BCUT2D eigenvalue weighted by Gasteiger charge is -2.41. The van der Waals surface area contributed by atoms with Crippen molar-refractivity contribution >= 4 is 5.91 Å². The number of methoxy groups -OCH3 is 1. The minimum absolute atomic E-state index is 0.134. The van der Waals surface area contributed by atoms with Crippen molar-refractivity contribution in [1.29, 1.82) is 0 Å². The van der Waals surface area contributed by atoms with Crippen molar-refractivity contribution in [2.45, 2.75) is 31.4 Å². The van der Waals surface area contributed by atoms with E-state index in [-0.39, 0.29) is 23.6 Å². The average Bonchev–Trinajstić information content (AvgIpc) is 3.30. The van der Waals surface area contributed by atoms with Crippen LogP contribution in [-0.2, 0) is 4.74 Å². The first-order valence-corrected chi connectivity index (χ1v) is 8.98. The van der Waals surface area contributed by atoms with Gasteiger partial charge in [-0.05, 0) is 37.3 Å². The molecule has 1 aliphatic carbocycles. The molecule has 0 bridgehead atoms. The third-order valence-corrected chi connectivity index (χ3v) is 5.82. The molecular formula is C19H25FN2O2. The molecule has 3 fully saturated rings. The Bertz CT molecular complexity index is 619. The molecule has 3 aliphatic rings. The van der Waals surface area contributed by atoms with Crippen LogP contribution in [-0.4, -0.2) is 61.1 Å². The summed E-state index contributed by atoms with van der Waals surface area (Å²) in [4.78, 5) is 17.3. The normalized spacial score (nSPS) is 30.4. The Morgan fingerprint density at radius 1 is 1.25 bits per heavy atom. The van der Waals surface area contributed by atoms with E-state index >= 15 is 0 Å². The maximum atomic E-state index is 14.1. The topological polar surface area (TPSA) is 32.8 Å². The summed E-state index contributed by atoms with van der Waals surface area (Å²) >= 11 is 0. The fraction of sp³-hybridized carbons (Fsp3) is 0.632. The molecule has 24 heavy (non-hydrogen) atoms. The van der Waals surface area contributed by atoms with E-state index in [1.165, 1.54) is 18.9 Å². The van der Waals surface area contributed by atoms with Gasteiger partial charge in [-0.2, -0.15) is 0 Å². The van der Waals surface area contributed by atoms with Crippen LogP contribution in [0.2, 0.25) is 0 Å². The number of ether oxygens (including phenoxy) is 1. The molecule has 4 nitrogen and oxygen atoms in total. The van der Waals surface area contributed by atoms with Gasteiger partial charge in [0, 0.05) is 39.2 Å². The molecule has 1 aromatic carbocycles. The SMILES string of the molecule is CO[C@@H]1CCN(C(=O)c2ccccc2F)[C@@H]2CN(CC3CC3)C[C@@H]21. The highest BCUT2D eigenvalue weighted by atomic mass is 19.1. The number of halogens is 1. The molecule has 3 atom stereocenters. The van der Waals surface area contributed by atoms with Gasteiger partial charge in [0.05, 0.1) is 17.7 Å². The van der Waals surface area contributed by atoms with Crippen molar-refractivity contribution < 1.29 is 13.9 Å². The fourth-order valence-electron chi connectivity index (χ4n) is 4.38. The molecule has 0 aromatic heterocycles. The quantitative estimate of drug-likeness (QED) is 0.849. The maximum Gasteiger partial charge on any atom is 0.257 e. The van der Waals surface area contributed by atoms with Crippen molar-refractivity contribution in [2.24, 2.45) is 11.8 Å². The van der Waals surface area contributed by atoms with E-state index in [0.717, 1.165) is 32.0 Å². The Morgan fingerprint density at radius 3 is 2.75 bits per heavy atom. The number of carbonyl (C=O) groups is 1. The van der Waals surface area contributed by atoms with Crippen LogP contribution in [0.15, 0.2) is 24.3 Å². The average molecular weight is 332 g/mol. The summed E-state index contributed by atoms with van der Waals surface area (Å²) in [6.45, 7) is 3.65. The van der Waals surface area contributed by atoms with Gasteiger partial charge in [0.1, 0.15) is 5.82 Å². The van der Waals surface area contributed by atoms with Crippen molar-refractivity contribution in [3.05, 3.63) is 35.6 Å². The highest BCUT2D eigenvalue weighted by molar-refractivity contribution is 5.94. The molecular weight excluding hydrogens is 307 g/mol. The second kappa shape index (κ2) is 6.45. The monoisotopic (exact) mass is 332 g/mol. The number of piperidine rings is 1. The molecule has 0 unspecified atom stereocenters. The molecule has 4 rings (SSSR count). The number of likely N-dealkylation sites (tertiary alicyclic amines) is 2. The number of hydrogen-bond acceptors (Lipinski definition) is 3. The minimum atomic E-state index is -0.430. The first kappa shape index (κ1) is 16.0. The number of fused-ring (bicyclic) bond motifs is 1. The van der Waals surface area contributed by atoms with Crippen LogP contribution in [0.3, 0.4) is 0 Å². The van der Waals surface area contributed by atoms with Gasteiger partial charge in [0.15, 0.2) is 0 Å². The number of amides is 1. The first-order chi connectivity index (χ1) is 11.7. The predicted octanol–water partition coefficient (Wildman–Crippen LogP) is 2.40. The summed E-state index contributed by atoms with van der Waals surface area (Å²) in [6.07, 6.45) is 3.69. The highest BCUT2D eigenvalue weighted by Crippen LogP contribution is 2.37.